The van der Waals surface area contributed by atoms with Gasteiger partial charge in [-0.25, -0.2) is 8.42 Å². The number of hydrogen-bond donors (Lipinski definition) is 2. The van der Waals surface area contributed by atoms with Crippen LogP contribution < -0.4 is 19.5 Å². The second-order valence-corrected chi connectivity index (χ2v) is 8.17. The number of carbonyl (C=O) groups is 1. The Balaban J connectivity index is 1.88. The second-order valence-electron chi connectivity index (χ2n) is 6.52. The first-order valence-corrected chi connectivity index (χ1v) is 10.5. The van der Waals surface area contributed by atoms with Crippen LogP contribution in [0, 0.1) is 6.92 Å². The van der Waals surface area contributed by atoms with Gasteiger partial charge in [0.2, 0.25) is 0 Å². The van der Waals surface area contributed by atoms with E-state index in [2.05, 4.69) is 10.0 Å². The monoisotopic (exact) mass is 426 g/mol. The van der Waals surface area contributed by atoms with Gasteiger partial charge >= 0.3 is 0 Å². The highest BCUT2D eigenvalue weighted by Gasteiger charge is 2.21. The van der Waals surface area contributed by atoms with Gasteiger partial charge in [-0.1, -0.05) is 17.7 Å². The number of ether oxygens (including phenoxy) is 2. The Morgan fingerprint density at radius 1 is 0.867 bits per heavy atom. The van der Waals surface area contributed by atoms with Gasteiger partial charge in [0.15, 0.2) is 0 Å². The van der Waals surface area contributed by atoms with Crippen molar-refractivity contribution >= 4 is 27.3 Å². The summed E-state index contributed by atoms with van der Waals surface area (Å²) in [6.07, 6.45) is 0. The van der Waals surface area contributed by atoms with Crippen LogP contribution >= 0.6 is 0 Å². The molecular weight excluding hydrogens is 404 g/mol. The lowest BCUT2D eigenvalue weighted by Crippen LogP contribution is -2.16. The van der Waals surface area contributed by atoms with Crippen LogP contribution in [0.4, 0.5) is 11.4 Å². The van der Waals surface area contributed by atoms with Crippen LogP contribution in [0.5, 0.6) is 11.5 Å². The van der Waals surface area contributed by atoms with Gasteiger partial charge in [-0.15, -0.1) is 0 Å². The van der Waals surface area contributed by atoms with Crippen molar-refractivity contribution in [3.8, 4) is 11.5 Å². The van der Waals surface area contributed by atoms with E-state index in [0.717, 1.165) is 5.56 Å². The van der Waals surface area contributed by atoms with Gasteiger partial charge in [0.1, 0.15) is 16.4 Å². The molecule has 30 heavy (non-hydrogen) atoms. The Morgan fingerprint density at radius 2 is 1.57 bits per heavy atom. The van der Waals surface area contributed by atoms with E-state index < -0.39 is 10.0 Å². The fraction of sp³-hybridized carbons (Fsp3) is 0.136. The van der Waals surface area contributed by atoms with E-state index in [0.29, 0.717) is 22.7 Å². The first kappa shape index (κ1) is 21.2. The number of carbonyl (C=O) groups excluding carboxylic acids is 1. The Labute approximate surface area is 175 Å². The molecule has 0 heterocycles. The van der Waals surface area contributed by atoms with Gasteiger partial charge in [-0.05, 0) is 61.5 Å². The molecule has 3 aromatic rings. The number of benzene rings is 3. The van der Waals surface area contributed by atoms with E-state index in [-0.39, 0.29) is 16.6 Å². The third-order valence-corrected chi connectivity index (χ3v) is 5.74. The van der Waals surface area contributed by atoms with Gasteiger partial charge in [-0.3, -0.25) is 9.52 Å². The van der Waals surface area contributed by atoms with Gasteiger partial charge in [0.25, 0.3) is 15.9 Å². The molecule has 0 aliphatic carbocycles. The lowest BCUT2D eigenvalue weighted by molar-refractivity contribution is 0.102. The molecule has 7 nitrogen and oxygen atoms in total. The molecular formula is C22H22N2O5S. The van der Waals surface area contributed by atoms with Crippen molar-refractivity contribution in [3.05, 3.63) is 77.9 Å². The molecule has 0 fully saturated rings. The summed E-state index contributed by atoms with van der Waals surface area (Å²) >= 11 is 0. The van der Waals surface area contributed by atoms with Gasteiger partial charge < -0.3 is 14.8 Å². The minimum atomic E-state index is -3.97. The normalized spacial score (nSPS) is 10.9. The topological polar surface area (TPSA) is 93.7 Å². The molecule has 2 N–H and O–H groups in total. The number of anilines is 2. The summed E-state index contributed by atoms with van der Waals surface area (Å²) in [6, 6.07) is 18.0. The summed E-state index contributed by atoms with van der Waals surface area (Å²) in [5, 5.41) is 2.72. The fourth-order valence-electron chi connectivity index (χ4n) is 2.82. The first-order chi connectivity index (χ1) is 14.3. The molecule has 3 aromatic carbocycles. The van der Waals surface area contributed by atoms with Gasteiger partial charge in [0.05, 0.1) is 14.2 Å². The molecule has 0 spiro atoms. The quantitative estimate of drug-likeness (QED) is 0.594. The van der Waals surface area contributed by atoms with Crippen molar-refractivity contribution in [1.82, 2.24) is 0 Å². The van der Waals surface area contributed by atoms with Crippen LogP contribution in [0.25, 0.3) is 0 Å². The number of aryl methyl sites for hydroxylation is 1. The van der Waals surface area contributed by atoms with Crippen LogP contribution in [0.2, 0.25) is 0 Å². The van der Waals surface area contributed by atoms with Crippen LogP contribution in [-0.4, -0.2) is 28.5 Å². The number of sulfonamides is 1. The average Bonchev–Trinajstić information content (AvgIpc) is 2.74. The zero-order chi connectivity index (χ0) is 21.7. The van der Waals surface area contributed by atoms with E-state index in [1.807, 2.05) is 13.0 Å². The van der Waals surface area contributed by atoms with Crippen molar-refractivity contribution in [2.45, 2.75) is 11.8 Å². The maximum atomic E-state index is 13.0. The SMILES string of the molecule is COc1ccc(NS(=O)(=O)c2cc(NC(=O)c3cccc(C)c3)ccc2OC)cc1. The zero-order valence-electron chi connectivity index (χ0n) is 16.8. The van der Waals surface area contributed by atoms with E-state index in [1.165, 1.54) is 26.4 Å². The fourth-order valence-corrected chi connectivity index (χ4v) is 4.08. The highest BCUT2D eigenvalue weighted by molar-refractivity contribution is 7.92. The molecule has 0 aliphatic heterocycles. The minimum absolute atomic E-state index is 0.0946. The lowest BCUT2D eigenvalue weighted by atomic mass is 10.1. The Morgan fingerprint density at radius 3 is 2.20 bits per heavy atom. The van der Waals surface area contributed by atoms with E-state index in [4.69, 9.17) is 9.47 Å². The molecule has 0 aromatic heterocycles. The largest absolute Gasteiger partial charge is 0.497 e. The van der Waals surface area contributed by atoms with Crippen LogP contribution in [0.3, 0.4) is 0 Å². The lowest BCUT2D eigenvalue weighted by Gasteiger charge is -2.14. The van der Waals surface area contributed by atoms with Crippen LogP contribution in [0.15, 0.2) is 71.6 Å². The number of rotatable bonds is 7. The predicted molar refractivity (Wildman–Crippen MR) is 116 cm³/mol. The van der Waals surface area contributed by atoms with Crippen LogP contribution in [0.1, 0.15) is 15.9 Å². The van der Waals surface area contributed by atoms with Crippen molar-refractivity contribution in [2.24, 2.45) is 0 Å². The zero-order valence-corrected chi connectivity index (χ0v) is 17.6. The van der Waals surface area contributed by atoms with Crippen molar-refractivity contribution < 1.29 is 22.7 Å². The Bertz CT molecular complexity index is 1160. The van der Waals surface area contributed by atoms with Crippen molar-refractivity contribution in [1.29, 1.82) is 0 Å². The molecule has 0 radical (unpaired) electrons. The molecule has 0 unspecified atom stereocenters. The highest BCUT2D eigenvalue weighted by Crippen LogP contribution is 2.29. The van der Waals surface area contributed by atoms with Crippen molar-refractivity contribution in [2.75, 3.05) is 24.3 Å². The number of methoxy groups -OCH3 is 2. The smallest absolute Gasteiger partial charge is 0.265 e. The van der Waals surface area contributed by atoms with Gasteiger partial charge in [-0.2, -0.15) is 0 Å². The maximum Gasteiger partial charge on any atom is 0.265 e. The summed E-state index contributed by atoms with van der Waals surface area (Å²) in [5.74, 6) is 0.427. The standard InChI is InChI=1S/C22H22N2O5S/c1-15-5-4-6-16(13-15)22(25)23-18-9-12-20(29-3)21(14-18)30(26,27)24-17-7-10-19(28-2)11-8-17/h4-14,24H,1-3H3,(H,23,25). The number of amides is 1. The molecule has 0 aliphatic rings. The van der Waals surface area contributed by atoms with Gasteiger partial charge in [0, 0.05) is 16.9 Å². The predicted octanol–water partition coefficient (Wildman–Crippen LogP) is 4.07. The molecule has 0 saturated carbocycles. The van der Waals surface area contributed by atoms with E-state index in [9.17, 15) is 13.2 Å². The number of hydrogen-bond acceptors (Lipinski definition) is 5. The van der Waals surface area contributed by atoms with E-state index in [1.54, 1.807) is 48.5 Å². The summed E-state index contributed by atoms with van der Waals surface area (Å²) in [5.41, 5.74) is 2.13. The second kappa shape index (κ2) is 8.87. The average molecular weight is 426 g/mol. The third-order valence-electron chi connectivity index (χ3n) is 4.33. The molecule has 8 heteroatoms. The molecule has 3 rings (SSSR count). The summed E-state index contributed by atoms with van der Waals surface area (Å²) in [7, 11) is -1.06. The highest BCUT2D eigenvalue weighted by atomic mass is 32.2. The summed E-state index contributed by atoms with van der Waals surface area (Å²) in [6.45, 7) is 1.89. The van der Waals surface area contributed by atoms with E-state index >= 15 is 0 Å². The summed E-state index contributed by atoms with van der Waals surface area (Å²) in [4.78, 5) is 12.4. The molecule has 1 amide bonds. The number of nitrogens with one attached hydrogen (secondary N) is 2. The third kappa shape index (κ3) is 4.90. The summed E-state index contributed by atoms with van der Waals surface area (Å²) < 4.78 is 38.7. The minimum Gasteiger partial charge on any atom is -0.497 e. The molecule has 156 valence electrons. The van der Waals surface area contributed by atoms with Crippen LogP contribution in [-0.2, 0) is 10.0 Å². The maximum absolute atomic E-state index is 13.0. The molecule has 0 bridgehead atoms. The van der Waals surface area contributed by atoms with Crippen molar-refractivity contribution in [3.63, 3.8) is 0 Å². The molecule has 0 atom stereocenters. The first-order valence-electron chi connectivity index (χ1n) is 9.05. The molecule has 0 saturated heterocycles. The Kier molecular flexibility index (Phi) is 6.27. The Hall–Kier alpha value is -3.52.